The molecule has 0 bridgehead atoms. The van der Waals surface area contributed by atoms with Crippen molar-refractivity contribution in [1.29, 1.82) is 0 Å². The summed E-state index contributed by atoms with van der Waals surface area (Å²) in [6, 6.07) is 16.5. The molecule has 0 saturated heterocycles. The predicted octanol–water partition coefficient (Wildman–Crippen LogP) is 4.82. The Bertz CT molecular complexity index is 1720. The summed E-state index contributed by atoms with van der Waals surface area (Å²) < 4.78 is 34.2. The average Bonchev–Trinajstić information content (AvgIpc) is 3.53. The van der Waals surface area contributed by atoms with Gasteiger partial charge in [0, 0.05) is 29.3 Å². The molecule has 0 fully saturated rings. The molecule has 10 nitrogen and oxygen atoms in total. The minimum Gasteiger partial charge on any atom is -0.477 e. The van der Waals surface area contributed by atoms with Gasteiger partial charge in [0.2, 0.25) is 5.89 Å². The van der Waals surface area contributed by atoms with E-state index in [2.05, 4.69) is 20.5 Å². The van der Waals surface area contributed by atoms with Crippen LogP contribution in [0.2, 0.25) is 0 Å². The van der Waals surface area contributed by atoms with Crippen LogP contribution in [0.4, 0.5) is 6.01 Å². The molecule has 2 aromatic carbocycles. The summed E-state index contributed by atoms with van der Waals surface area (Å²) in [6.07, 6.45) is 2.35. The molecule has 188 valence electrons. The number of fused-ring (bicyclic) bond motifs is 1. The van der Waals surface area contributed by atoms with E-state index in [1.807, 2.05) is 13.8 Å². The zero-order valence-electron chi connectivity index (χ0n) is 20.0. The lowest BCUT2D eigenvalue weighted by atomic mass is 10.1. The smallest absolute Gasteiger partial charge is 0.354 e. The number of rotatable bonds is 8. The number of pyridine rings is 1. The number of aromatic nitrogens is 4. The van der Waals surface area contributed by atoms with E-state index in [1.54, 1.807) is 54.6 Å². The molecule has 0 unspecified atom stereocenters. The van der Waals surface area contributed by atoms with E-state index in [0.717, 1.165) is 12.0 Å². The molecular weight excluding hydrogens is 494 g/mol. The molecule has 11 heteroatoms. The van der Waals surface area contributed by atoms with E-state index >= 15 is 0 Å². The predicted molar refractivity (Wildman–Crippen MR) is 138 cm³/mol. The van der Waals surface area contributed by atoms with E-state index in [0.29, 0.717) is 34.3 Å². The third kappa shape index (κ3) is 4.56. The Kier molecular flexibility index (Phi) is 6.22. The first kappa shape index (κ1) is 24.2. The van der Waals surface area contributed by atoms with Gasteiger partial charge in [-0.2, -0.15) is 0 Å². The Morgan fingerprint density at radius 3 is 2.59 bits per heavy atom. The Balaban J connectivity index is 1.71. The Hall–Kier alpha value is -4.51. The highest BCUT2D eigenvalue weighted by atomic mass is 32.2. The maximum absolute atomic E-state index is 13.6. The van der Waals surface area contributed by atoms with Gasteiger partial charge in [-0.1, -0.05) is 35.8 Å². The van der Waals surface area contributed by atoms with Crippen LogP contribution >= 0.6 is 0 Å². The van der Waals surface area contributed by atoms with Crippen LogP contribution in [0.25, 0.3) is 33.6 Å². The van der Waals surface area contributed by atoms with Gasteiger partial charge in [-0.3, -0.25) is 0 Å². The topological polar surface area (TPSA) is 140 Å². The molecule has 0 atom stereocenters. The maximum atomic E-state index is 13.6. The highest BCUT2D eigenvalue weighted by molar-refractivity contribution is 7.90. The van der Waals surface area contributed by atoms with E-state index < -0.39 is 16.0 Å². The number of carboxylic acids is 1. The van der Waals surface area contributed by atoms with E-state index in [4.69, 9.17) is 4.42 Å². The summed E-state index contributed by atoms with van der Waals surface area (Å²) in [5.74, 6) is -0.927. The summed E-state index contributed by atoms with van der Waals surface area (Å²) in [6.45, 7) is 4.57. The average molecular weight is 518 g/mol. The SMILES string of the molecule is CCCNc1nnc(-c2ccc3c(c2)c(-c2cccc(C(=O)O)n2)cn3S(=O)(=O)c2ccc(C)cc2)o1. The van der Waals surface area contributed by atoms with Gasteiger partial charge < -0.3 is 14.8 Å². The Morgan fingerprint density at radius 1 is 1.08 bits per heavy atom. The van der Waals surface area contributed by atoms with Gasteiger partial charge in [0.05, 0.1) is 16.1 Å². The second-order valence-electron chi connectivity index (χ2n) is 8.44. The van der Waals surface area contributed by atoms with E-state index in [1.165, 1.54) is 16.2 Å². The molecule has 5 rings (SSSR count). The molecular formula is C26H23N5O5S. The Labute approximate surface area is 212 Å². The monoisotopic (exact) mass is 517 g/mol. The van der Waals surface area contributed by atoms with Crippen LogP contribution in [0.1, 0.15) is 29.4 Å². The van der Waals surface area contributed by atoms with Crippen LogP contribution in [0.15, 0.2) is 76.2 Å². The molecule has 0 aliphatic carbocycles. The third-order valence-corrected chi connectivity index (χ3v) is 7.48. The fourth-order valence-electron chi connectivity index (χ4n) is 3.91. The molecule has 0 radical (unpaired) electrons. The fourth-order valence-corrected chi connectivity index (χ4v) is 5.28. The van der Waals surface area contributed by atoms with Crippen LogP contribution in [0.3, 0.4) is 0 Å². The third-order valence-electron chi connectivity index (χ3n) is 5.79. The molecule has 0 aliphatic heterocycles. The number of hydrogen-bond acceptors (Lipinski definition) is 8. The molecule has 0 saturated carbocycles. The van der Waals surface area contributed by atoms with Gasteiger partial charge in [0.15, 0.2) is 0 Å². The number of aromatic carboxylic acids is 1. The molecule has 3 heterocycles. The van der Waals surface area contributed by atoms with Crippen molar-refractivity contribution in [3.05, 3.63) is 78.1 Å². The largest absolute Gasteiger partial charge is 0.477 e. The highest BCUT2D eigenvalue weighted by Gasteiger charge is 2.24. The highest BCUT2D eigenvalue weighted by Crippen LogP contribution is 2.35. The van der Waals surface area contributed by atoms with Gasteiger partial charge in [-0.05, 0) is 55.8 Å². The number of anilines is 1. The molecule has 2 N–H and O–H groups in total. The van der Waals surface area contributed by atoms with Crippen LogP contribution in [-0.2, 0) is 10.0 Å². The summed E-state index contributed by atoms with van der Waals surface area (Å²) in [4.78, 5) is 15.9. The summed E-state index contributed by atoms with van der Waals surface area (Å²) >= 11 is 0. The van der Waals surface area contributed by atoms with Crippen molar-refractivity contribution in [3.63, 3.8) is 0 Å². The first-order valence-electron chi connectivity index (χ1n) is 11.5. The van der Waals surface area contributed by atoms with Crippen molar-refractivity contribution in [1.82, 2.24) is 19.2 Å². The lowest BCUT2D eigenvalue weighted by molar-refractivity contribution is 0.0690. The van der Waals surface area contributed by atoms with Crippen molar-refractivity contribution < 1.29 is 22.7 Å². The van der Waals surface area contributed by atoms with Crippen molar-refractivity contribution in [2.24, 2.45) is 0 Å². The number of carbonyl (C=O) groups is 1. The fraction of sp³-hybridized carbons (Fsp3) is 0.154. The minimum absolute atomic E-state index is 0.126. The van der Waals surface area contributed by atoms with Crippen LogP contribution in [0.5, 0.6) is 0 Å². The van der Waals surface area contributed by atoms with Crippen LogP contribution in [-0.4, -0.2) is 45.2 Å². The summed E-state index contributed by atoms with van der Waals surface area (Å²) in [5, 5.41) is 21.1. The summed E-state index contributed by atoms with van der Waals surface area (Å²) in [5.41, 5.74) is 2.51. The quantitative estimate of drug-likeness (QED) is 0.296. The molecule has 0 aliphatic rings. The van der Waals surface area contributed by atoms with Crippen LogP contribution in [0, 0.1) is 6.92 Å². The lowest BCUT2D eigenvalue weighted by Gasteiger charge is -2.08. The van der Waals surface area contributed by atoms with Crippen molar-refractivity contribution in [2.45, 2.75) is 25.2 Å². The van der Waals surface area contributed by atoms with Crippen molar-refractivity contribution >= 4 is 32.9 Å². The summed E-state index contributed by atoms with van der Waals surface area (Å²) in [7, 11) is -3.97. The van der Waals surface area contributed by atoms with E-state index in [-0.39, 0.29) is 22.5 Å². The number of aryl methyl sites for hydroxylation is 1. The minimum atomic E-state index is -3.97. The molecule has 3 aromatic heterocycles. The second-order valence-corrected chi connectivity index (χ2v) is 10.3. The van der Waals surface area contributed by atoms with E-state index in [9.17, 15) is 18.3 Å². The number of nitrogens with zero attached hydrogens (tertiary/aromatic N) is 4. The van der Waals surface area contributed by atoms with Gasteiger partial charge in [0.1, 0.15) is 5.69 Å². The molecule has 37 heavy (non-hydrogen) atoms. The number of benzene rings is 2. The lowest BCUT2D eigenvalue weighted by Crippen LogP contribution is -2.11. The molecule has 5 aromatic rings. The zero-order chi connectivity index (χ0) is 26.2. The number of carboxylic acid groups (broad SMARTS) is 1. The van der Waals surface area contributed by atoms with Gasteiger partial charge in [0.25, 0.3) is 10.0 Å². The van der Waals surface area contributed by atoms with Crippen molar-refractivity contribution in [3.8, 4) is 22.7 Å². The molecule has 0 spiro atoms. The first-order valence-corrected chi connectivity index (χ1v) is 13.0. The van der Waals surface area contributed by atoms with Gasteiger partial charge >= 0.3 is 12.0 Å². The first-order chi connectivity index (χ1) is 17.8. The van der Waals surface area contributed by atoms with Gasteiger partial charge in [-0.15, -0.1) is 5.10 Å². The standard InChI is InChI=1S/C26H23N5O5S/c1-3-13-27-26-30-29-24(36-26)17-9-12-23-19(14-17)20(21-5-4-6-22(28-21)25(32)33)15-31(23)37(34,35)18-10-7-16(2)8-11-18/h4-12,14-15H,3,13H2,1-2H3,(H,27,30)(H,32,33). The molecule has 0 amide bonds. The Morgan fingerprint density at radius 2 is 1.86 bits per heavy atom. The van der Waals surface area contributed by atoms with Crippen LogP contribution < -0.4 is 5.32 Å². The second kappa shape index (κ2) is 9.51. The van der Waals surface area contributed by atoms with Crippen molar-refractivity contribution in [2.75, 3.05) is 11.9 Å². The van der Waals surface area contributed by atoms with Gasteiger partial charge in [-0.25, -0.2) is 22.2 Å². The zero-order valence-corrected chi connectivity index (χ0v) is 20.9. The number of hydrogen-bond donors (Lipinski definition) is 2. The normalized spacial score (nSPS) is 11.6. The maximum Gasteiger partial charge on any atom is 0.354 e. The number of nitrogens with one attached hydrogen (secondary N) is 1.